The average Bonchev–Trinajstić information content (AvgIpc) is 2.72. The Hall–Kier alpha value is -3.75. The first-order valence-electron chi connectivity index (χ1n) is 10.3. The zero-order valence-electron chi connectivity index (χ0n) is 18.8. The lowest BCUT2D eigenvalue weighted by Crippen LogP contribution is -2.59. The molecule has 5 atom stereocenters. The summed E-state index contributed by atoms with van der Waals surface area (Å²) < 4.78 is 0. The molecule has 10 N–H and O–H groups in total. The standard InChI is InChI=1S/C19H31N5O10/c1-3-8(2)15(18(32)23-11(19(33)34)6-12(21)25)24-17(31)10(7-14(28)29)22-16(30)9(20)4-5-13(26)27/h8-11,15H,3-7,20H2,1-2H3,(H2,21,25)(H,22,30)(H,23,32)(H,24,31)(H,26,27)(H,28,29)(H,33,34). The highest BCUT2D eigenvalue weighted by molar-refractivity contribution is 5.96. The second-order valence-corrected chi connectivity index (χ2v) is 7.64. The molecule has 4 amide bonds. The molecular weight excluding hydrogens is 458 g/mol. The Balaban J connectivity index is 5.57. The molecule has 192 valence electrons. The maximum Gasteiger partial charge on any atom is 0.326 e. The summed E-state index contributed by atoms with van der Waals surface area (Å²) in [6, 6.07) is -6.00. The molecule has 0 aromatic rings. The number of nitrogens with one attached hydrogen (secondary N) is 3. The lowest BCUT2D eigenvalue weighted by Gasteiger charge is -2.27. The predicted molar refractivity (Wildman–Crippen MR) is 114 cm³/mol. The highest BCUT2D eigenvalue weighted by Gasteiger charge is 2.34. The molecule has 15 heteroatoms. The molecule has 34 heavy (non-hydrogen) atoms. The van der Waals surface area contributed by atoms with E-state index in [1.165, 1.54) is 0 Å². The van der Waals surface area contributed by atoms with Crippen LogP contribution in [0, 0.1) is 5.92 Å². The van der Waals surface area contributed by atoms with Crippen molar-refractivity contribution >= 4 is 41.5 Å². The second-order valence-electron chi connectivity index (χ2n) is 7.64. The van der Waals surface area contributed by atoms with Crippen LogP contribution in [0.4, 0.5) is 0 Å². The van der Waals surface area contributed by atoms with Gasteiger partial charge in [-0.2, -0.15) is 0 Å². The maximum atomic E-state index is 12.7. The van der Waals surface area contributed by atoms with Gasteiger partial charge in [0.05, 0.1) is 18.9 Å². The van der Waals surface area contributed by atoms with Crippen molar-refractivity contribution in [3.8, 4) is 0 Å². The van der Waals surface area contributed by atoms with Crippen LogP contribution < -0.4 is 27.4 Å². The topological polar surface area (TPSA) is 268 Å². The molecule has 0 aromatic carbocycles. The molecule has 0 aliphatic rings. The summed E-state index contributed by atoms with van der Waals surface area (Å²) in [6.07, 6.45) is -1.94. The van der Waals surface area contributed by atoms with Crippen LogP contribution in [-0.2, 0) is 33.6 Å². The van der Waals surface area contributed by atoms with Gasteiger partial charge in [0.2, 0.25) is 23.6 Å². The van der Waals surface area contributed by atoms with Gasteiger partial charge < -0.3 is 42.7 Å². The molecule has 0 spiro atoms. The van der Waals surface area contributed by atoms with Crippen LogP contribution in [0.1, 0.15) is 46.0 Å². The Labute approximate surface area is 194 Å². The lowest BCUT2D eigenvalue weighted by molar-refractivity contribution is -0.144. The summed E-state index contributed by atoms with van der Waals surface area (Å²) in [5, 5.41) is 33.5. The molecule has 0 aliphatic carbocycles. The van der Waals surface area contributed by atoms with Crippen LogP contribution in [-0.4, -0.2) is 81.0 Å². The molecule has 0 rings (SSSR count). The minimum absolute atomic E-state index is 0.267. The number of hydrogen-bond acceptors (Lipinski definition) is 8. The summed E-state index contributed by atoms with van der Waals surface area (Å²) in [5.74, 6) is -8.75. The first kappa shape index (κ1) is 30.2. The van der Waals surface area contributed by atoms with E-state index in [4.69, 9.17) is 21.7 Å². The van der Waals surface area contributed by atoms with Gasteiger partial charge in [-0.25, -0.2) is 4.79 Å². The number of carbonyl (C=O) groups excluding carboxylic acids is 4. The largest absolute Gasteiger partial charge is 0.481 e. The monoisotopic (exact) mass is 489 g/mol. The van der Waals surface area contributed by atoms with E-state index >= 15 is 0 Å². The first-order chi connectivity index (χ1) is 15.7. The Morgan fingerprint density at radius 2 is 1.35 bits per heavy atom. The fourth-order valence-corrected chi connectivity index (χ4v) is 2.69. The number of aliphatic carboxylic acids is 3. The van der Waals surface area contributed by atoms with E-state index in [-0.39, 0.29) is 6.42 Å². The van der Waals surface area contributed by atoms with Crippen molar-refractivity contribution in [1.29, 1.82) is 0 Å². The summed E-state index contributed by atoms with van der Waals surface area (Å²) in [6.45, 7) is 3.23. The number of carboxylic acids is 3. The number of carbonyl (C=O) groups is 7. The third-order valence-electron chi connectivity index (χ3n) is 4.83. The van der Waals surface area contributed by atoms with Gasteiger partial charge in [0.1, 0.15) is 18.1 Å². The number of rotatable bonds is 16. The molecule has 5 unspecified atom stereocenters. The quantitative estimate of drug-likeness (QED) is 0.109. The Morgan fingerprint density at radius 1 is 0.794 bits per heavy atom. The van der Waals surface area contributed by atoms with Gasteiger partial charge in [-0.3, -0.25) is 28.8 Å². The van der Waals surface area contributed by atoms with Crippen LogP contribution in [0.15, 0.2) is 0 Å². The maximum absolute atomic E-state index is 12.7. The number of primary amides is 1. The van der Waals surface area contributed by atoms with E-state index < -0.39 is 90.9 Å². The van der Waals surface area contributed by atoms with Gasteiger partial charge in [0, 0.05) is 6.42 Å². The van der Waals surface area contributed by atoms with Crippen LogP contribution in [0.2, 0.25) is 0 Å². The minimum atomic E-state index is -1.67. The summed E-state index contributed by atoms with van der Waals surface area (Å²) in [7, 11) is 0. The predicted octanol–water partition coefficient (Wildman–Crippen LogP) is -2.89. The van der Waals surface area contributed by atoms with Crippen molar-refractivity contribution in [2.75, 3.05) is 0 Å². The SMILES string of the molecule is CCC(C)C(NC(=O)C(CC(=O)O)NC(=O)C(N)CCC(=O)O)C(=O)NC(CC(N)=O)C(=O)O. The fourth-order valence-electron chi connectivity index (χ4n) is 2.69. The zero-order valence-corrected chi connectivity index (χ0v) is 18.8. The van der Waals surface area contributed by atoms with Gasteiger partial charge in [0.25, 0.3) is 0 Å². The number of amides is 4. The zero-order chi connectivity index (χ0) is 26.6. The summed E-state index contributed by atoms with van der Waals surface area (Å²) in [4.78, 5) is 81.8. The van der Waals surface area contributed by atoms with Crippen LogP contribution >= 0.6 is 0 Å². The average molecular weight is 489 g/mol. The highest BCUT2D eigenvalue weighted by atomic mass is 16.4. The van der Waals surface area contributed by atoms with E-state index in [2.05, 4.69) is 16.0 Å². The number of nitrogens with two attached hydrogens (primary N) is 2. The number of hydrogen-bond donors (Lipinski definition) is 8. The molecule has 0 aliphatic heterocycles. The normalized spacial score (nSPS) is 15.0. The second kappa shape index (κ2) is 14.4. The van der Waals surface area contributed by atoms with Crippen LogP contribution in [0.3, 0.4) is 0 Å². The smallest absolute Gasteiger partial charge is 0.326 e. The fraction of sp³-hybridized carbons (Fsp3) is 0.632. The molecule has 0 saturated heterocycles. The van der Waals surface area contributed by atoms with Crippen LogP contribution in [0.25, 0.3) is 0 Å². The van der Waals surface area contributed by atoms with E-state index in [1.54, 1.807) is 13.8 Å². The Bertz CT molecular complexity index is 802. The Morgan fingerprint density at radius 3 is 1.79 bits per heavy atom. The molecule has 0 saturated carbocycles. The lowest BCUT2D eigenvalue weighted by atomic mass is 9.97. The van der Waals surface area contributed by atoms with Crippen molar-refractivity contribution < 1.29 is 48.9 Å². The third kappa shape index (κ3) is 11.2. The van der Waals surface area contributed by atoms with Gasteiger partial charge in [-0.15, -0.1) is 0 Å². The molecule has 0 heterocycles. The minimum Gasteiger partial charge on any atom is -0.481 e. The van der Waals surface area contributed by atoms with E-state index in [9.17, 15) is 38.7 Å². The molecule has 0 aromatic heterocycles. The Kier molecular flexibility index (Phi) is 12.8. The summed E-state index contributed by atoms with van der Waals surface area (Å²) >= 11 is 0. The van der Waals surface area contributed by atoms with E-state index in [1.807, 2.05) is 0 Å². The van der Waals surface area contributed by atoms with Gasteiger partial charge in [-0.05, 0) is 12.3 Å². The molecule has 0 radical (unpaired) electrons. The molecule has 0 bridgehead atoms. The van der Waals surface area contributed by atoms with Crippen molar-refractivity contribution in [1.82, 2.24) is 16.0 Å². The van der Waals surface area contributed by atoms with Gasteiger partial charge >= 0.3 is 17.9 Å². The molecular formula is C19H31N5O10. The number of carboxylic acid groups (broad SMARTS) is 3. The van der Waals surface area contributed by atoms with Crippen molar-refractivity contribution in [3.05, 3.63) is 0 Å². The highest BCUT2D eigenvalue weighted by Crippen LogP contribution is 2.10. The third-order valence-corrected chi connectivity index (χ3v) is 4.83. The van der Waals surface area contributed by atoms with Crippen molar-refractivity contribution in [3.63, 3.8) is 0 Å². The summed E-state index contributed by atoms with van der Waals surface area (Å²) in [5.41, 5.74) is 10.6. The van der Waals surface area contributed by atoms with Crippen molar-refractivity contribution in [2.24, 2.45) is 17.4 Å². The van der Waals surface area contributed by atoms with E-state index in [0.29, 0.717) is 6.42 Å². The van der Waals surface area contributed by atoms with Crippen molar-refractivity contribution in [2.45, 2.75) is 70.1 Å². The molecule has 0 fully saturated rings. The van der Waals surface area contributed by atoms with Gasteiger partial charge in [-0.1, -0.05) is 20.3 Å². The van der Waals surface area contributed by atoms with Gasteiger partial charge in [0.15, 0.2) is 0 Å². The first-order valence-corrected chi connectivity index (χ1v) is 10.3. The van der Waals surface area contributed by atoms with E-state index in [0.717, 1.165) is 0 Å². The molecule has 15 nitrogen and oxygen atoms in total. The van der Waals surface area contributed by atoms with Crippen LogP contribution in [0.5, 0.6) is 0 Å².